The van der Waals surface area contributed by atoms with E-state index < -0.39 is 0 Å². The molecule has 0 aliphatic heterocycles. The first-order valence-electron chi connectivity index (χ1n) is 6.10. The zero-order valence-corrected chi connectivity index (χ0v) is 11.1. The van der Waals surface area contributed by atoms with E-state index in [0.717, 1.165) is 16.9 Å². The van der Waals surface area contributed by atoms with Crippen LogP contribution in [0.25, 0.3) is 5.70 Å². The molecule has 0 fully saturated rings. The number of rotatable bonds is 4. The highest BCUT2D eigenvalue weighted by molar-refractivity contribution is 5.77. The highest BCUT2D eigenvalue weighted by atomic mass is 19.1. The predicted molar refractivity (Wildman–Crippen MR) is 79.8 cm³/mol. The molecule has 0 saturated heterocycles. The van der Waals surface area contributed by atoms with Crippen LogP contribution in [0.15, 0.2) is 49.0 Å². The maximum atomic E-state index is 13.2. The first kappa shape index (κ1) is 13.1. The molecule has 0 heterocycles. The van der Waals surface area contributed by atoms with Crippen LogP contribution in [-0.2, 0) is 0 Å². The van der Waals surface area contributed by atoms with Gasteiger partial charge in [0.1, 0.15) is 5.82 Å². The number of hydrogen-bond acceptors (Lipinski definition) is 2. The summed E-state index contributed by atoms with van der Waals surface area (Å²) in [5.41, 5.74) is 4.56. The van der Waals surface area contributed by atoms with Crippen LogP contribution in [0.3, 0.4) is 0 Å². The smallest absolute Gasteiger partial charge is 0.123 e. The Labute approximate surface area is 113 Å². The van der Waals surface area contributed by atoms with E-state index in [1.165, 1.54) is 17.7 Å². The summed E-state index contributed by atoms with van der Waals surface area (Å²) in [5, 5.41) is 6.31. The number of hydrogen-bond donors (Lipinski definition) is 2. The van der Waals surface area contributed by atoms with Crippen molar-refractivity contribution in [1.82, 2.24) is 0 Å². The molecule has 98 valence electrons. The molecule has 0 bridgehead atoms. The van der Waals surface area contributed by atoms with Gasteiger partial charge in [-0.05, 0) is 36.8 Å². The third-order valence-electron chi connectivity index (χ3n) is 2.98. The molecule has 2 nitrogen and oxygen atoms in total. The van der Waals surface area contributed by atoms with Gasteiger partial charge in [0.2, 0.25) is 0 Å². The minimum atomic E-state index is -0.264. The van der Waals surface area contributed by atoms with Crippen molar-refractivity contribution in [1.29, 1.82) is 0 Å². The molecule has 0 saturated carbocycles. The molecule has 19 heavy (non-hydrogen) atoms. The fourth-order valence-electron chi connectivity index (χ4n) is 1.89. The van der Waals surface area contributed by atoms with Crippen LogP contribution in [0, 0.1) is 12.7 Å². The number of anilines is 2. The summed E-state index contributed by atoms with van der Waals surface area (Å²) in [6.45, 7) is 5.98. The minimum Gasteiger partial charge on any atom is -0.388 e. The van der Waals surface area contributed by atoms with Gasteiger partial charge < -0.3 is 10.6 Å². The maximum Gasteiger partial charge on any atom is 0.123 e. The summed E-state index contributed by atoms with van der Waals surface area (Å²) < 4.78 is 13.2. The summed E-state index contributed by atoms with van der Waals surface area (Å²) in [5.74, 6) is -0.264. The Morgan fingerprint density at radius 2 is 1.95 bits per heavy atom. The van der Waals surface area contributed by atoms with Crippen LogP contribution in [0.2, 0.25) is 0 Å². The second-order valence-electron chi connectivity index (χ2n) is 4.39. The fourth-order valence-corrected chi connectivity index (χ4v) is 1.89. The molecule has 3 heteroatoms. The normalized spacial score (nSPS) is 10.1. The van der Waals surface area contributed by atoms with Crippen LogP contribution in [-0.4, -0.2) is 7.05 Å². The molecule has 0 amide bonds. The van der Waals surface area contributed by atoms with Gasteiger partial charge in [-0.25, -0.2) is 4.39 Å². The van der Waals surface area contributed by atoms with Gasteiger partial charge in [0.15, 0.2) is 0 Å². The Balaban J connectivity index is 2.19. The van der Waals surface area contributed by atoms with E-state index >= 15 is 0 Å². The molecular weight excluding hydrogens is 239 g/mol. The van der Waals surface area contributed by atoms with E-state index in [4.69, 9.17) is 0 Å². The summed E-state index contributed by atoms with van der Waals surface area (Å²) in [7, 11) is 1.88. The second-order valence-corrected chi connectivity index (χ2v) is 4.39. The summed E-state index contributed by atoms with van der Waals surface area (Å²) >= 11 is 0. The lowest BCUT2D eigenvalue weighted by atomic mass is 10.1. The molecule has 2 N–H and O–H groups in total. The highest BCUT2D eigenvalue weighted by Crippen LogP contribution is 2.23. The summed E-state index contributed by atoms with van der Waals surface area (Å²) in [4.78, 5) is 0. The van der Waals surface area contributed by atoms with Crippen molar-refractivity contribution in [3.05, 3.63) is 66.0 Å². The number of nitrogens with one attached hydrogen (secondary N) is 2. The topological polar surface area (TPSA) is 24.1 Å². The van der Waals surface area contributed by atoms with Crippen molar-refractivity contribution < 1.29 is 4.39 Å². The molecule has 2 aromatic rings. The molecule has 0 aromatic heterocycles. The van der Waals surface area contributed by atoms with Gasteiger partial charge in [-0.15, -0.1) is 0 Å². The molecule has 2 rings (SSSR count). The molecule has 2 aromatic carbocycles. The Kier molecular flexibility index (Phi) is 3.85. The molecule has 0 aliphatic carbocycles. The van der Waals surface area contributed by atoms with Crippen LogP contribution >= 0.6 is 0 Å². The zero-order valence-electron chi connectivity index (χ0n) is 11.1. The quantitative estimate of drug-likeness (QED) is 0.854. The first-order chi connectivity index (χ1) is 9.10. The van der Waals surface area contributed by atoms with Crippen molar-refractivity contribution >= 4 is 17.1 Å². The Morgan fingerprint density at radius 3 is 2.63 bits per heavy atom. The van der Waals surface area contributed by atoms with E-state index in [0.29, 0.717) is 5.70 Å². The lowest BCUT2D eigenvalue weighted by Gasteiger charge is -2.12. The largest absolute Gasteiger partial charge is 0.388 e. The van der Waals surface area contributed by atoms with Gasteiger partial charge in [-0.1, -0.05) is 24.8 Å². The predicted octanol–water partition coefficient (Wildman–Crippen LogP) is 4.26. The summed E-state index contributed by atoms with van der Waals surface area (Å²) in [6, 6.07) is 12.4. The molecular formula is C16H17FN2. The van der Waals surface area contributed by atoms with E-state index in [-0.39, 0.29) is 5.82 Å². The summed E-state index contributed by atoms with van der Waals surface area (Å²) in [6.07, 6.45) is 0. The standard InChI is InChI=1S/C16H17FN2/c1-11-7-8-15(10-16(11)18-3)19-12(2)13-5-4-6-14(17)9-13/h4-10,18-19H,2H2,1,3H3. The van der Waals surface area contributed by atoms with Gasteiger partial charge in [0, 0.05) is 29.7 Å². The minimum absolute atomic E-state index is 0.264. The molecule has 0 radical (unpaired) electrons. The van der Waals surface area contributed by atoms with Gasteiger partial charge in [-0.3, -0.25) is 0 Å². The molecule has 0 unspecified atom stereocenters. The van der Waals surface area contributed by atoms with E-state index in [1.807, 2.05) is 38.2 Å². The van der Waals surface area contributed by atoms with E-state index in [2.05, 4.69) is 17.2 Å². The zero-order chi connectivity index (χ0) is 13.8. The van der Waals surface area contributed by atoms with E-state index in [9.17, 15) is 4.39 Å². The van der Waals surface area contributed by atoms with Gasteiger partial charge in [-0.2, -0.15) is 0 Å². The third-order valence-corrected chi connectivity index (χ3v) is 2.98. The monoisotopic (exact) mass is 256 g/mol. The SMILES string of the molecule is C=C(Nc1ccc(C)c(NC)c1)c1cccc(F)c1. The molecule has 0 spiro atoms. The Hall–Kier alpha value is -2.29. The first-order valence-corrected chi connectivity index (χ1v) is 6.10. The van der Waals surface area contributed by atoms with Crippen molar-refractivity contribution in [2.45, 2.75) is 6.92 Å². The molecule has 0 aliphatic rings. The maximum absolute atomic E-state index is 13.2. The third kappa shape index (κ3) is 3.13. The Bertz CT molecular complexity index is 605. The van der Waals surface area contributed by atoms with E-state index in [1.54, 1.807) is 6.07 Å². The fraction of sp³-hybridized carbons (Fsp3) is 0.125. The van der Waals surface area contributed by atoms with Crippen LogP contribution < -0.4 is 10.6 Å². The lowest BCUT2D eigenvalue weighted by Crippen LogP contribution is -1.99. The van der Waals surface area contributed by atoms with Gasteiger partial charge >= 0.3 is 0 Å². The lowest BCUT2D eigenvalue weighted by molar-refractivity contribution is 0.627. The average Bonchev–Trinajstić information content (AvgIpc) is 2.41. The van der Waals surface area contributed by atoms with Crippen LogP contribution in [0.1, 0.15) is 11.1 Å². The van der Waals surface area contributed by atoms with Crippen LogP contribution in [0.5, 0.6) is 0 Å². The highest BCUT2D eigenvalue weighted by Gasteiger charge is 2.03. The Morgan fingerprint density at radius 1 is 1.16 bits per heavy atom. The number of benzene rings is 2. The van der Waals surface area contributed by atoms with Crippen molar-refractivity contribution in [3.63, 3.8) is 0 Å². The number of aryl methyl sites for hydroxylation is 1. The van der Waals surface area contributed by atoms with Gasteiger partial charge in [0.05, 0.1) is 0 Å². The second kappa shape index (κ2) is 5.57. The molecule has 0 atom stereocenters. The van der Waals surface area contributed by atoms with Crippen molar-refractivity contribution in [2.24, 2.45) is 0 Å². The van der Waals surface area contributed by atoms with Crippen molar-refractivity contribution in [2.75, 3.05) is 17.7 Å². The van der Waals surface area contributed by atoms with Crippen molar-refractivity contribution in [3.8, 4) is 0 Å². The van der Waals surface area contributed by atoms with Gasteiger partial charge in [0.25, 0.3) is 0 Å². The van der Waals surface area contributed by atoms with Crippen LogP contribution in [0.4, 0.5) is 15.8 Å². The number of halogens is 1. The average molecular weight is 256 g/mol.